The van der Waals surface area contributed by atoms with Crippen LogP contribution in [0.1, 0.15) is 25.8 Å². The molecule has 0 radical (unpaired) electrons. The number of aliphatic carboxylic acids is 1. The van der Waals surface area contributed by atoms with Gasteiger partial charge < -0.3 is 19.3 Å². The zero-order valence-corrected chi connectivity index (χ0v) is 13.6. The number of methoxy groups -OCH3 is 2. The van der Waals surface area contributed by atoms with Gasteiger partial charge in [-0.15, -0.1) is 0 Å². The quantitative estimate of drug-likeness (QED) is 0.560. The number of hydrogen-bond donors (Lipinski definition) is 1. The second kappa shape index (κ2) is 9.10. The lowest BCUT2D eigenvalue weighted by Crippen LogP contribution is -2.07. The number of carboxylic acid groups (broad SMARTS) is 1. The Morgan fingerprint density at radius 2 is 1.95 bits per heavy atom. The smallest absolute Gasteiger partial charge is 0.331 e. The maximum atomic E-state index is 11.3. The van der Waals surface area contributed by atoms with E-state index in [0.29, 0.717) is 30.3 Å². The van der Waals surface area contributed by atoms with Crippen molar-refractivity contribution >= 4 is 12.0 Å². The minimum absolute atomic E-state index is 0.0642. The summed E-state index contributed by atoms with van der Waals surface area (Å²) in [6.07, 6.45) is 2.43. The van der Waals surface area contributed by atoms with E-state index in [9.17, 15) is 9.90 Å². The van der Waals surface area contributed by atoms with Gasteiger partial charge in [-0.05, 0) is 29.7 Å². The Morgan fingerprint density at radius 1 is 1.23 bits per heavy atom. The van der Waals surface area contributed by atoms with Crippen molar-refractivity contribution in [3.8, 4) is 11.5 Å². The van der Waals surface area contributed by atoms with Gasteiger partial charge in [-0.1, -0.05) is 19.9 Å². The predicted molar refractivity (Wildman–Crippen MR) is 85.4 cm³/mol. The average Bonchev–Trinajstić information content (AvgIpc) is 2.48. The van der Waals surface area contributed by atoms with Gasteiger partial charge in [0.1, 0.15) is 0 Å². The third kappa shape index (κ3) is 5.41. The van der Waals surface area contributed by atoms with E-state index in [1.807, 2.05) is 19.9 Å². The Morgan fingerprint density at radius 3 is 2.50 bits per heavy atom. The molecule has 0 heterocycles. The van der Waals surface area contributed by atoms with Crippen LogP contribution < -0.4 is 9.47 Å². The Kier molecular flexibility index (Phi) is 7.46. The topological polar surface area (TPSA) is 65.0 Å². The van der Waals surface area contributed by atoms with Crippen molar-refractivity contribution in [1.29, 1.82) is 0 Å². The third-order valence-corrected chi connectivity index (χ3v) is 3.13. The minimum atomic E-state index is -0.909. The Balaban J connectivity index is 2.98. The standard InChI is InChI=1S/C17H24O5/c1-12(2)14(17(18)19)10-13-6-7-15(21-4)16(11-13)22-9-5-8-20-3/h6-7,10-12H,5,8-9H2,1-4H3,(H,18,19)/b14-10-. The van der Waals surface area contributed by atoms with Gasteiger partial charge >= 0.3 is 5.97 Å². The lowest BCUT2D eigenvalue weighted by Gasteiger charge is -2.12. The molecular weight excluding hydrogens is 284 g/mol. The number of benzene rings is 1. The number of hydrogen-bond acceptors (Lipinski definition) is 4. The molecule has 1 N–H and O–H groups in total. The van der Waals surface area contributed by atoms with Crippen LogP contribution in [0.25, 0.3) is 6.08 Å². The normalized spacial score (nSPS) is 11.6. The second-order valence-electron chi connectivity index (χ2n) is 5.16. The molecule has 0 aromatic heterocycles. The lowest BCUT2D eigenvalue weighted by atomic mass is 10.0. The summed E-state index contributed by atoms with van der Waals surface area (Å²) in [5.41, 5.74) is 1.13. The molecule has 0 aliphatic heterocycles. The average molecular weight is 308 g/mol. The maximum absolute atomic E-state index is 11.3. The molecule has 0 aliphatic carbocycles. The van der Waals surface area contributed by atoms with E-state index in [2.05, 4.69) is 0 Å². The van der Waals surface area contributed by atoms with Crippen LogP contribution in [-0.2, 0) is 9.53 Å². The van der Waals surface area contributed by atoms with Crippen molar-refractivity contribution < 1.29 is 24.1 Å². The monoisotopic (exact) mass is 308 g/mol. The predicted octanol–water partition coefficient (Wildman–Crippen LogP) is 3.23. The fourth-order valence-corrected chi connectivity index (χ4v) is 1.94. The van der Waals surface area contributed by atoms with Crippen LogP contribution in [0.5, 0.6) is 11.5 Å². The van der Waals surface area contributed by atoms with Crippen molar-refractivity contribution in [2.75, 3.05) is 27.4 Å². The first-order valence-corrected chi connectivity index (χ1v) is 7.24. The van der Waals surface area contributed by atoms with E-state index in [4.69, 9.17) is 14.2 Å². The van der Waals surface area contributed by atoms with Crippen LogP contribution in [0.15, 0.2) is 23.8 Å². The van der Waals surface area contributed by atoms with Crippen molar-refractivity contribution in [2.45, 2.75) is 20.3 Å². The molecule has 122 valence electrons. The van der Waals surface area contributed by atoms with Crippen LogP contribution in [0, 0.1) is 5.92 Å². The Labute approximate surface area is 131 Å². The lowest BCUT2D eigenvalue weighted by molar-refractivity contribution is -0.133. The van der Waals surface area contributed by atoms with E-state index < -0.39 is 5.97 Å². The summed E-state index contributed by atoms with van der Waals surface area (Å²) in [7, 11) is 3.22. The van der Waals surface area contributed by atoms with Gasteiger partial charge in [-0.2, -0.15) is 0 Å². The van der Waals surface area contributed by atoms with Gasteiger partial charge in [-0.25, -0.2) is 4.79 Å². The van der Waals surface area contributed by atoms with Gasteiger partial charge in [-0.3, -0.25) is 0 Å². The van der Waals surface area contributed by atoms with E-state index in [1.54, 1.807) is 32.4 Å². The molecule has 0 atom stereocenters. The van der Waals surface area contributed by atoms with E-state index >= 15 is 0 Å². The molecule has 1 aromatic rings. The van der Waals surface area contributed by atoms with E-state index in [0.717, 1.165) is 12.0 Å². The zero-order chi connectivity index (χ0) is 16.5. The summed E-state index contributed by atoms with van der Waals surface area (Å²) in [5, 5.41) is 9.24. The maximum Gasteiger partial charge on any atom is 0.331 e. The molecule has 0 unspecified atom stereocenters. The fourth-order valence-electron chi connectivity index (χ4n) is 1.94. The van der Waals surface area contributed by atoms with Crippen molar-refractivity contribution in [3.63, 3.8) is 0 Å². The highest BCUT2D eigenvalue weighted by atomic mass is 16.5. The molecule has 22 heavy (non-hydrogen) atoms. The van der Waals surface area contributed by atoms with Crippen LogP contribution in [-0.4, -0.2) is 38.5 Å². The Hall–Kier alpha value is -2.01. The van der Waals surface area contributed by atoms with Crippen molar-refractivity contribution in [2.24, 2.45) is 5.92 Å². The number of rotatable bonds is 9. The van der Waals surface area contributed by atoms with Crippen LogP contribution in [0.4, 0.5) is 0 Å². The third-order valence-electron chi connectivity index (χ3n) is 3.13. The number of carbonyl (C=O) groups is 1. The molecule has 0 spiro atoms. The van der Waals surface area contributed by atoms with E-state index in [1.165, 1.54) is 0 Å². The fraction of sp³-hybridized carbons (Fsp3) is 0.471. The SMILES string of the molecule is COCCCOc1cc(/C=C(\C(=O)O)C(C)C)ccc1OC. The summed E-state index contributed by atoms with van der Waals surface area (Å²) in [5.74, 6) is 0.246. The van der Waals surface area contributed by atoms with Crippen LogP contribution in [0.2, 0.25) is 0 Å². The van der Waals surface area contributed by atoms with Crippen LogP contribution in [0.3, 0.4) is 0 Å². The molecule has 1 aromatic carbocycles. The van der Waals surface area contributed by atoms with E-state index in [-0.39, 0.29) is 5.92 Å². The molecule has 0 amide bonds. The second-order valence-corrected chi connectivity index (χ2v) is 5.16. The first-order chi connectivity index (χ1) is 10.5. The molecule has 5 heteroatoms. The summed E-state index contributed by atoms with van der Waals surface area (Å²) < 4.78 is 15.9. The highest BCUT2D eigenvalue weighted by Gasteiger charge is 2.12. The largest absolute Gasteiger partial charge is 0.493 e. The number of carboxylic acids is 1. The Bertz CT molecular complexity index is 520. The zero-order valence-electron chi connectivity index (χ0n) is 13.6. The van der Waals surface area contributed by atoms with Gasteiger partial charge in [0.05, 0.1) is 13.7 Å². The van der Waals surface area contributed by atoms with Gasteiger partial charge in [0.25, 0.3) is 0 Å². The molecule has 1 rings (SSSR count). The highest BCUT2D eigenvalue weighted by Crippen LogP contribution is 2.29. The molecule has 5 nitrogen and oxygen atoms in total. The highest BCUT2D eigenvalue weighted by molar-refractivity contribution is 5.92. The summed E-state index contributed by atoms with van der Waals surface area (Å²) in [6.45, 7) is 4.84. The van der Waals surface area contributed by atoms with Crippen molar-refractivity contribution in [1.82, 2.24) is 0 Å². The summed E-state index contributed by atoms with van der Waals surface area (Å²) >= 11 is 0. The summed E-state index contributed by atoms with van der Waals surface area (Å²) in [4.78, 5) is 11.3. The van der Waals surface area contributed by atoms with Gasteiger partial charge in [0, 0.05) is 25.7 Å². The van der Waals surface area contributed by atoms with Crippen molar-refractivity contribution in [3.05, 3.63) is 29.3 Å². The number of ether oxygens (including phenoxy) is 3. The van der Waals surface area contributed by atoms with Gasteiger partial charge in [0.2, 0.25) is 0 Å². The molecule has 0 aliphatic rings. The molecule has 0 saturated carbocycles. The molecular formula is C17H24O5. The van der Waals surface area contributed by atoms with Crippen LogP contribution >= 0.6 is 0 Å². The molecule has 0 bridgehead atoms. The first kappa shape index (κ1) is 18.0. The molecule has 0 saturated heterocycles. The van der Waals surface area contributed by atoms with Gasteiger partial charge in [0.15, 0.2) is 11.5 Å². The summed E-state index contributed by atoms with van der Waals surface area (Å²) in [6, 6.07) is 5.38. The minimum Gasteiger partial charge on any atom is -0.493 e. The first-order valence-electron chi connectivity index (χ1n) is 7.24. The molecule has 0 fully saturated rings.